The third-order valence-electron chi connectivity index (χ3n) is 5.61. The van der Waals surface area contributed by atoms with Gasteiger partial charge in [0.1, 0.15) is 17.6 Å². The summed E-state index contributed by atoms with van der Waals surface area (Å²) in [5.74, 6) is 0.991. The molecule has 2 fully saturated rings. The van der Waals surface area contributed by atoms with Crippen LogP contribution in [0.25, 0.3) is 11.1 Å². The van der Waals surface area contributed by atoms with Crippen LogP contribution in [-0.4, -0.2) is 46.0 Å². The van der Waals surface area contributed by atoms with Crippen LogP contribution in [0.4, 0.5) is 0 Å². The number of pyridine rings is 1. The summed E-state index contributed by atoms with van der Waals surface area (Å²) in [6, 6.07) is 5.28. The first kappa shape index (κ1) is 17.0. The van der Waals surface area contributed by atoms with Crippen molar-refractivity contribution in [2.75, 3.05) is 13.1 Å². The van der Waals surface area contributed by atoms with Crippen molar-refractivity contribution in [1.82, 2.24) is 15.2 Å². The van der Waals surface area contributed by atoms with Crippen LogP contribution in [0.5, 0.6) is 11.5 Å². The summed E-state index contributed by atoms with van der Waals surface area (Å²) in [6.07, 6.45) is 5.74. The summed E-state index contributed by atoms with van der Waals surface area (Å²) in [7, 11) is 0. The number of nitrogens with one attached hydrogen (secondary N) is 1. The molecule has 0 unspecified atom stereocenters. The number of rotatable bonds is 4. The molecule has 2 aromatic rings. The van der Waals surface area contributed by atoms with Crippen molar-refractivity contribution in [2.24, 2.45) is 5.92 Å². The summed E-state index contributed by atoms with van der Waals surface area (Å²) in [4.78, 5) is 30.4. The number of likely N-dealkylation sites (tertiary alicyclic amines) is 1. The number of fused-ring (bicyclic) bond motifs is 1. The molecule has 1 aliphatic carbocycles. The van der Waals surface area contributed by atoms with E-state index >= 15 is 0 Å². The number of hydrogen-bond donors (Lipinski definition) is 2. The van der Waals surface area contributed by atoms with Crippen molar-refractivity contribution < 1.29 is 19.4 Å². The van der Waals surface area contributed by atoms with E-state index in [1.54, 1.807) is 18.3 Å². The highest BCUT2D eigenvalue weighted by Gasteiger charge is 2.37. The van der Waals surface area contributed by atoms with Crippen LogP contribution in [0.15, 0.2) is 30.6 Å². The SMILES string of the molecule is O=C1NCc2c1cc(O[C@@H]1CCN(C(=O)C3CC3)C1)cc2-c1cncc(O)c1. The Hall–Kier alpha value is -3.09. The Kier molecular flexibility index (Phi) is 3.96. The average molecular weight is 379 g/mol. The van der Waals surface area contributed by atoms with E-state index in [1.807, 2.05) is 11.0 Å². The summed E-state index contributed by atoms with van der Waals surface area (Å²) in [6.45, 7) is 1.74. The minimum atomic E-state index is -0.133. The first-order valence-electron chi connectivity index (χ1n) is 9.63. The van der Waals surface area contributed by atoms with Crippen LogP contribution in [0.1, 0.15) is 35.2 Å². The summed E-state index contributed by atoms with van der Waals surface area (Å²) < 4.78 is 6.17. The van der Waals surface area contributed by atoms with E-state index in [1.165, 1.54) is 6.20 Å². The maximum absolute atomic E-state index is 12.3. The van der Waals surface area contributed by atoms with Gasteiger partial charge in [0.25, 0.3) is 5.91 Å². The Morgan fingerprint density at radius 2 is 2.00 bits per heavy atom. The number of hydrogen-bond acceptors (Lipinski definition) is 5. The lowest BCUT2D eigenvalue weighted by molar-refractivity contribution is -0.131. The Morgan fingerprint density at radius 3 is 2.79 bits per heavy atom. The molecule has 0 radical (unpaired) electrons. The molecule has 3 aliphatic rings. The molecule has 5 rings (SSSR count). The molecule has 7 nitrogen and oxygen atoms in total. The minimum absolute atomic E-state index is 0.0693. The number of amides is 2. The summed E-state index contributed by atoms with van der Waals surface area (Å²) in [5.41, 5.74) is 3.01. The highest BCUT2D eigenvalue weighted by molar-refractivity contribution is 6.01. The maximum atomic E-state index is 12.3. The second kappa shape index (κ2) is 6.51. The highest BCUT2D eigenvalue weighted by atomic mass is 16.5. The molecule has 0 bridgehead atoms. The lowest BCUT2D eigenvalue weighted by atomic mass is 9.97. The van der Waals surface area contributed by atoms with Crippen molar-refractivity contribution in [3.8, 4) is 22.6 Å². The van der Waals surface area contributed by atoms with Crippen LogP contribution in [0, 0.1) is 5.92 Å². The van der Waals surface area contributed by atoms with E-state index in [4.69, 9.17) is 4.74 Å². The van der Waals surface area contributed by atoms with Gasteiger partial charge in [-0.1, -0.05) is 0 Å². The number of aromatic hydroxyl groups is 1. The molecule has 144 valence electrons. The van der Waals surface area contributed by atoms with Crippen molar-refractivity contribution >= 4 is 11.8 Å². The smallest absolute Gasteiger partial charge is 0.252 e. The largest absolute Gasteiger partial charge is 0.506 e. The maximum Gasteiger partial charge on any atom is 0.252 e. The Morgan fingerprint density at radius 1 is 1.18 bits per heavy atom. The van der Waals surface area contributed by atoms with Crippen molar-refractivity contribution in [2.45, 2.75) is 31.9 Å². The van der Waals surface area contributed by atoms with Crippen LogP contribution in [0.3, 0.4) is 0 Å². The Bertz CT molecular complexity index is 970. The number of benzene rings is 1. The van der Waals surface area contributed by atoms with E-state index in [9.17, 15) is 14.7 Å². The van der Waals surface area contributed by atoms with Crippen LogP contribution in [-0.2, 0) is 11.3 Å². The predicted octanol–water partition coefficient (Wildman–Crippen LogP) is 2.09. The molecule has 1 aromatic carbocycles. The normalized spacial score (nSPS) is 20.8. The third kappa shape index (κ3) is 3.06. The number of aromatic nitrogens is 1. The highest BCUT2D eigenvalue weighted by Crippen LogP contribution is 2.36. The monoisotopic (exact) mass is 379 g/mol. The zero-order chi connectivity index (χ0) is 19.3. The molecule has 1 saturated carbocycles. The van der Waals surface area contributed by atoms with E-state index < -0.39 is 0 Å². The summed E-state index contributed by atoms with van der Waals surface area (Å²) in [5, 5.41) is 12.6. The van der Waals surface area contributed by atoms with E-state index in [0.717, 1.165) is 42.5 Å². The van der Waals surface area contributed by atoms with Gasteiger partial charge in [-0.15, -0.1) is 0 Å². The zero-order valence-electron chi connectivity index (χ0n) is 15.4. The lowest BCUT2D eigenvalue weighted by Gasteiger charge is -2.18. The van der Waals surface area contributed by atoms with Gasteiger partial charge in [0.15, 0.2) is 0 Å². The quantitative estimate of drug-likeness (QED) is 0.849. The first-order chi connectivity index (χ1) is 13.6. The molecule has 1 saturated heterocycles. The van der Waals surface area contributed by atoms with Gasteiger partial charge in [-0.3, -0.25) is 14.6 Å². The van der Waals surface area contributed by atoms with Gasteiger partial charge in [-0.2, -0.15) is 0 Å². The Labute approximate surface area is 162 Å². The number of carbonyl (C=O) groups excluding carboxylic acids is 2. The van der Waals surface area contributed by atoms with Crippen molar-refractivity contribution in [3.63, 3.8) is 0 Å². The first-order valence-corrected chi connectivity index (χ1v) is 9.63. The molecule has 2 aliphatic heterocycles. The fraction of sp³-hybridized carbons (Fsp3) is 0.381. The molecule has 1 atom stereocenters. The van der Waals surface area contributed by atoms with Crippen LogP contribution in [0.2, 0.25) is 0 Å². The molecule has 0 spiro atoms. The fourth-order valence-electron chi connectivity index (χ4n) is 4.01. The van der Waals surface area contributed by atoms with Gasteiger partial charge in [-0.25, -0.2) is 0 Å². The van der Waals surface area contributed by atoms with Crippen LogP contribution < -0.4 is 10.1 Å². The Balaban J connectivity index is 1.42. The molecule has 28 heavy (non-hydrogen) atoms. The van der Waals surface area contributed by atoms with Gasteiger partial charge in [0.2, 0.25) is 5.91 Å². The van der Waals surface area contributed by atoms with Crippen molar-refractivity contribution in [1.29, 1.82) is 0 Å². The van der Waals surface area contributed by atoms with Gasteiger partial charge >= 0.3 is 0 Å². The number of nitrogens with zero attached hydrogens (tertiary/aromatic N) is 2. The molecule has 3 heterocycles. The molecule has 2 amide bonds. The summed E-state index contributed by atoms with van der Waals surface area (Å²) >= 11 is 0. The van der Waals surface area contributed by atoms with Gasteiger partial charge in [-0.05, 0) is 42.2 Å². The van der Waals surface area contributed by atoms with Crippen LogP contribution >= 0.6 is 0 Å². The molecular weight excluding hydrogens is 358 g/mol. The molecular formula is C21H21N3O4. The second-order valence-corrected chi connectivity index (χ2v) is 7.70. The van der Waals surface area contributed by atoms with Gasteiger partial charge < -0.3 is 20.1 Å². The van der Waals surface area contributed by atoms with Gasteiger partial charge in [0.05, 0.1) is 12.7 Å². The molecule has 7 heteroatoms. The van der Waals surface area contributed by atoms with Gasteiger partial charge in [0, 0.05) is 42.8 Å². The standard InChI is InChI=1S/C21H21N3O4/c25-14-5-13(8-22-9-14)17-6-16(7-18-19(17)10-23-20(18)26)28-15-3-4-24(11-15)21(27)12-1-2-12/h5-9,12,15,25H,1-4,10-11H2,(H,23,26)/t15-/m1/s1. The third-order valence-corrected chi connectivity index (χ3v) is 5.61. The minimum Gasteiger partial charge on any atom is -0.506 e. The van der Waals surface area contributed by atoms with E-state index in [2.05, 4.69) is 10.3 Å². The van der Waals surface area contributed by atoms with E-state index in [-0.39, 0.29) is 29.6 Å². The molecule has 2 N–H and O–H groups in total. The van der Waals surface area contributed by atoms with E-state index in [0.29, 0.717) is 24.4 Å². The van der Waals surface area contributed by atoms with Crippen molar-refractivity contribution in [3.05, 3.63) is 41.7 Å². The second-order valence-electron chi connectivity index (χ2n) is 7.70. The average Bonchev–Trinajstić information content (AvgIpc) is 3.34. The fourth-order valence-corrected chi connectivity index (χ4v) is 4.01. The molecule has 1 aromatic heterocycles. The number of carbonyl (C=O) groups is 2. The zero-order valence-corrected chi connectivity index (χ0v) is 15.4. The number of ether oxygens (including phenoxy) is 1. The predicted molar refractivity (Wildman–Crippen MR) is 101 cm³/mol. The lowest BCUT2D eigenvalue weighted by Crippen LogP contribution is -2.32. The topological polar surface area (TPSA) is 91.8 Å².